The molecule has 1 rings (SSSR count). The average Bonchev–Trinajstić information content (AvgIpc) is 2.54. The van der Waals surface area contributed by atoms with Gasteiger partial charge in [0.25, 0.3) is 0 Å². The fraction of sp³-hybridized carbons (Fsp3) is 0.750. The van der Waals surface area contributed by atoms with Crippen molar-refractivity contribution in [1.29, 1.82) is 0 Å². The molecular weight excluding hydrogens is 186 g/mol. The highest BCUT2D eigenvalue weighted by Gasteiger charge is 2.14. The summed E-state index contributed by atoms with van der Waals surface area (Å²) in [4.78, 5) is 0. The third kappa shape index (κ3) is 3.06. The van der Waals surface area contributed by atoms with Crippen LogP contribution in [0.1, 0.15) is 50.9 Å². The van der Waals surface area contributed by atoms with E-state index >= 15 is 0 Å². The molecule has 1 aromatic rings. The van der Waals surface area contributed by atoms with Crippen LogP contribution in [0.4, 0.5) is 0 Å². The molecule has 0 amide bonds. The quantitative estimate of drug-likeness (QED) is 0.807. The van der Waals surface area contributed by atoms with Gasteiger partial charge in [-0.25, -0.2) is 0 Å². The molecule has 0 fully saturated rings. The van der Waals surface area contributed by atoms with Crippen molar-refractivity contribution in [3.05, 3.63) is 17.5 Å². The molecule has 0 aromatic carbocycles. The van der Waals surface area contributed by atoms with Crippen molar-refractivity contribution < 1.29 is 0 Å². The van der Waals surface area contributed by atoms with E-state index in [-0.39, 0.29) is 0 Å². The van der Waals surface area contributed by atoms with E-state index in [9.17, 15) is 0 Å². The molecule has 1 aromatic heterocycles. The van der Waals surface area contributed by atoms with E-state index in [0.717, 1.165) is 5.69 Å². The molecule has 1 atom stereocenters. The summed E-state index contributed by atoms with van der Waals surface area (Å²) >= 11 is 0. The van der Waals surface area contributed by atoms with E-state index in [4.69, 9.17) is 0 Å². The van der Waals surface area contributed by atoms with Crippen LogP contribution in [0.25, 0.3) is 0 Å². The zero-order valence-electron chi connectivity index (χ0n) is 10.5. The summed E-state index contributed by atoms with van der Waals surface area (Å²) in [5.74, 6) is 0. The average molecular weight is 209 g/mol. The molecule has 1 heterocycles. The van der Waals surface area contributed by atoms with Crippen molar-refractivity contribution in [3.63, 3.8) is 0 Å². The third-order valence-electron chi connectivity index (χ3n) is 2.99. The smallest absolute Gasteiger partial charge is 0.0641 e. The van der Waals surface area contributed by atoms with Crippen molar-refractivity contribution in [2.24, 2.45) is 7.05 Å². The van der Waals surface area contributed by atoms with Gasteiger partial charge >= 0.3 is 0 Å². The van der Waals surface area contributed by atoms with Crippen LogP contribution in [-0.2, 0) is 7.05 Å². The van der Waals surface area contributed by atoms with Gasteiger partial charge in [-0.05, 0) is 26.7 Å². The minimum Gasteiger partial charge on any atom is -0.307 e. The Balaban J connectivity index is 2.67. The Morgan fingerprint density at radius 1 is 1.40 bits per heavy atom. The molecule has 0 spiro atoms. The summed E-state index contributed by atoms with van der Waals surface area (Å²) in [5, 5.41) is 8.00. The zero-order chi connectivity index (χ0) is 11.4. The molecule has 1 unspecified atom stereocenters. The number of nitrogens with one attached hydrogen (secondary N) is 1. The predicted molar refractivity (Wildman–Crippen MR) is 63.9 cm³/mol. The molecule has 3 heteroatoms. The number of hydrogen-bond acceptors (Lipinski definition) is 2. The third-order valence-corrected chi connectivity index (χ3v) is 2.99. The first kappa shape index (κ1) is 12.2. The molecule has 0 aliphatic carbocycles. The van der Waals surface area contributed by atoms with Gasteiger partial charge in [-0.3, -0.25) is 4.68 Å². The van der Waals surface area contributed by atoms with Gasteiger partial charge in [0.1, 0.15) is 0 Å². The van der Waals surface area contributed by atoms with Crippen molar-refractivity contribution in [1.82, 2.24) is 15.1 Å². The van der Waals surface area contributed by atoms with Crippen LogP contribution < -0.4 is 5.32 Å². The van der Waals surface area contributed by atoms with Gasteiger partial charge in [-0.2, -0.15) is 5.10 Å². The highest BCUT2D eigenvalue weighted by atomic mass is 15.3. The summed E-state index contributed by atoms with van der Waals surface area (Å²) in [7, 11) is 1.97. The predicted octanol–water partition coefficient (Wildman–Crippen LogP) is 2.57. The van der Waals surface area contributed by atoms with Gasteiger partial charge in [0.2, 0.25) is 0 Å². The Morgan fingerprint density at radius 2 is 2.00 bits per heavy atom. The monoisotopic (exact) mass is 209 g/mol. The normalized spacial score (nSPS) is 13.5. The lowest BCUT2D eigenvalue weighted by Gasteiger charge is -2.20. The fourth-order valence-corrected chi connectivity index (χ4v) is 2.01. The molecule has 0 radical (unpaired) electrons. The van der Waals surface area contributed by atoms with Crippen LogP contribution in [0.3, 0.4) is 0 Å². The van der Waals surface area contributed by atoms with Gasteiger partial charge in [0, 0.05) is 30.9 Å². The number of nitrogens with zero attached hydrogens (tertiary/aromatic N) is 2. The number of aromatic nitrogens is 2. The Morgan fingerprint density at radius 3 is 2.40 bits per heavy atom. The summed E-state index contributed by atoms with van der Waals surface area (Å²) < 4.78 is 1.88. The van der Waals surface area contributed by atoms with Gasteiger partial charge in [-0.15, -0.1) is 0 Å². The van der Waals surface area contributed by atoms with E-state index in [2.05, 4.69) is 44.3 Å². The topological polar surface area (TPSA) is 29.9 Å². The fourth-order valence-electron chi connectivity index (χ4n) is 2.01. The van der Waals surface area contributed by atoms with Crippen LogP contribution in [0.5, 0.6) is 0 Å². The Bertz CT molecular complexity index is 300. The second-order valence-corrected chi connectivity index (χ2v) is 4.25. The summed E-state index contributed by atoms with van der Waals surface area (Å²) in [6.45, 7) is 8.73. The molecule has 0 saturated heterocycles. The van der Waals surface area contributed by atoms with E-state index in [1.54, 1.807) is 0 Å². The first-order valence-electron chi connectivity index (χ1n) is 5.84. The van der Waals surface area contributed by atoms with Crippen molar-refractivity contribution in [2.45, 2.75) is 52.6 Å². The molecule has 15 heavy (non-hydrogen) atoms. The number of hydrogen-bond donors (Lipinski definition) is 1. The second kappa shape index (κ2) is 5.31. The summed E-state index contributed by atoms with van der Waals surface area (Å²) in [6, 6.07) is 1.00. The highest BCUT2D eigenvalue weighted by Crippen LogP contribution is 2.17. The van der Waals surface area contributed by atoms with Crippen LogP contribution in [-0.4, -0.2) is 15.8 Å². The molecule has 3 nitrogen and oxygen atoms in total. The van der Waals surface area contributed by atoms with Crippen LogP contribution >= 0.6 is 0 Å². The lowest BCUT2D eigenvalue weighted by Crippen LogP contribution is -2.30. The van der Waals surface area contributed by atoms with Crippen molar-refractivity contribution >= 4 is 0 Å². The Kier molecular flexibility index (Phi) is 4.33. The first-order valence-corrected chi connectivity index (χ1v) is 5.84. The van der Waals surface area contributed by atoms with E-state index in [1.165, 1.54) is 18.4 Å². The minimum absolute atomic E-state index is 0.392. The summed E-state index contributed by atoms with van der Waals surface area (Å²) in [5.41, 5.74) is 2.44. The van der Waals surface area contributed by atoms with Gasteiger partial charge in [0.05, 0.1) is 5.69 Å². The maximum Gasteiger partial charge on any atom is 0.0641 e. The summed E-state index contributed by atoms with van der Waals surface area (Å²) in [6.07, 6.45) is 4.47. The molecular formula is C12H23N3. The molecule has 0 saturated carbocycles. The van der Waals surface area contributed by atoms with E-state index in [1.807, 2.05) is 11.7 Å². The van der Waals surface area contributed by atoms with Crippen molar-refractivity contribution in [3.8, 4) is 0 Å². The van der Waals surface area contributed by atoms with Crippen LogP contribution in [0, 0.1) is 6.92 Å². The van der Waals surface area contributed by atoms with E-state index < -0.39 is 0 Å². The first-order chi connectivity index (χ1) is 7.08. The van der Waals surface area contributed by atoms with Crippen LogP contribution in [0.15, 0.2) is 6.20 Å². The van der Waals surface area contributed by atoms with E-state index in [0.29, 0.717) is 12.1 Å². The minimum atomic E-state index is 0.392. The SMILES string of the molecule is CCC(CC)NC(C)c1cn(C)nc1C. The largest absolute Gasteiger partial charge is 0.307 e. The Hall–Kier alpha value is -0.830. The maximum atomic E-state index is 4.37. The molecule has 0 aliphatic heterocycles. The molecule has 86 valence electrons. The maximum absolute atomic E-state index is 4.37. The van der Waals surface area contributed by atoms with Crippen LogP contribution in [0.2, 0.25) is 0 Å². The van der Waals surface area contributed by atoms with Gasteiger partial charge in [-0.1, -0.05) is 13.8 Å². The lowest BCUT2D eigenvalue weighted by atomic mass is 10.1. The number of aryl methyl sites for hydroxylation is 2. The van der Waals surface area contributed by atoms with Gasteiger partial charge < -0.3 is 5.32 Å². The number of rotatable bonds is 5. The standard InChI is InChI=1S/C12H23N3/c1-6-11(7-2)13-9(3)12-8-15(5)14-10(12)4/h8-9,11,13H,6-7H2,1-5H3. The van der Waals surface area contributed by atoms with Gasteiger partial charge in [0.15, 0.2) is 0 Å². The highest BCUT2D eigenvalue weighted by molar-refractivity contribution is 5.19. The molecule has 1 N–H and O–H groups in total. The molecule has 0 aliphatic rings. The van der Waals surface area contributed by atoms with Crippen molar-refractivity contribution in [2.75, 3.05) is 0 Å². The zero-order valence-corrected chi connectivity index (χ0v) is 10.5. The molecule has 0 bridgehead atoms. The second-order valence-electron chi connectivity index (χ2n) is 4.25. The Labute approximate surface area is 92.9 Å². The lowest BCUT2D eigenvalue weighted by molar-refractivity contribution is 0.431.